The van der Waals surface area contributed by atoms with Gasteiger partial charge in [-0.1, -0.05) is 23.8 Å². The lowest BCUT2D eigenvalue weighted by Gasteiger charge is -2.07. The van der Waals surface area contributed by atoms with Gasteiger partial charge in [-0.25, -0.2) is 4.57 Å². The molecule has 2 aromatic carbocycles. The highest BCUT2D eigenvalue weighted by molar-refractivity contribution is 6.11. The van der Waals surface area contributed by atoms with Crippen molar-refractivity contribution in [3.8, 4) is 0 Å². The van der Waals surface area contributed by atoms with E-state index in [1.54, 1.807) is 0 Å². The van der Waals surface area contributed by atoms with Crippen molar-refractivity contribution in [2.24, 2.45) is 7.05 Å². The van der Waals surface area contributed by atoms with Crippen LogP contribution < -0.4 is 4.57 Å². The van der Waals surface area contributed by atoms with E-state index in [-0.39, 0.29) is 0 Å². The zero-order valence-electron chi connectivity index (χ0n) is 14.0. The third kappa shape index (κ3) is 1.56. The number of imidazole rings is 1. The van der Waals surface area contributed by atoms with Crippen molar-refractivity contribution in [2.45, 2.75) is 13.8 Å². The van der Waals surface area contributed by atoms with Crippen molar-refractivity contribution >= 4 is 38.5 Å². The third-order valence-electron chi connectivity index (χ3n) is 5.04. The van der Waals surface area contributed by atoms with Crippen LogP contribution in [0.4, 0.5) is 0 Å². The van der Waals surface area contributed by atoms with Crippen molar-refractivity contribution in [3.05, 3.63) is 65.9 Å². The van der Waals surface area contributed by atoms with Gasteiger partial charge in [0, 0.05) is 11.6 Å². The second kappa shape index (κ2) is 4.54. The summed E-state index contributed by atoms with van der Waals surface area (Å²) < 4.78 is 4.66. The minimum atomic E-state index is 1.08. The molecule has 0 aliphatic rings. The van der Waals surface area contributed by atoms with Gasteiger partial charge in [0.25, 0.3) is 5.65 Å². The van der Waals surface area contributed by atoms with Gasteiger partial charge < -0.3 is 0 Å². The monoisotopic (exact) mass is 312 g/mol. The zero-order chi connectivity index (χ0) is 16.4. The van der Waals surface area contributed by atoms with Gasteiger partial charge in [0.2, 0.25) is 0 Å². The van der Waals surface area contributed by atoms with E-state index in [2.05, 4.69) is 78.4 Å². The SMILES string of the molecule is Cc1ccc2c(c1)c1nccc(C)c1c1n2c2ccccc2[n+]1C. The summed E-state index contributed by atoms with van der Waals surface area (Å²) in [5, 5.41) is 2.44. The molecule has 0 saturated heterocycles. The van der Waals surface area contributed by atoms with Crippen LogP contribution in [0.5, 0.6) is 0 Å². The molecule has 0 fully saturated rings. The third-order valence-corrected chi connectivity index (χ3v) is 5.04. The quantitative estimate of drug-likeness (QED) is 0.309. The first-order valence-corrected chi connectivity index (χ1v) is 8.23. The molecule has 0 aliphatic heterocycles. The van der Waals surface area contributed by atoms with Gasteiger partial charge in [-0.2, -0.15) is 4.40 Å². The van der Waals surface area contributed by atoms with Crippen molar-refractivity contribution in [1.29, 1.82) is 0 Å². The highest BCUT2D eigenvalue weighted by Crippen LogP contribution is 2.32. The molecule has 5 aromatic rings. The number of aryl methyl sites for hydroxylation is 3. The predicted molar refractivity (Wildman–Crippen MR) is 98.4 cm³/mol. The van der Waals surface area contributed by atoms with Crippen LogP contribution in [0.15, 0.2) is 54.7 Å². The molecule has 3 aromatic heterocycles. The maximum Gasteiger partial charge on any atom is 0.297 e. The van der Waals surface area contributed by atoms with E-state index in [9.17, 15) is 0 Å². The van der Waals surface area contributed by atoms with E-state index < -0.39 is 0 Å². The van der Waals surface area contributed by atoms with Gasteiger partial charge in [-0.3, -0.25) is 4.98 Å². The molecule has 0 aliphatic carbocycles. The lowest BCUT2D eigenvalue weighted by Crippen LogP contribution is -2.27. The van der Waals surface area contributed by atoms with Crippen LogP contribution in [0.2, 0.25) is 0 Å². The lowest BCUT2D eigenvalue weighted by atomic mass is 10.1. The van der Waals surface area contributed by atoms with Crippen LogP contribution in [0.25, 0.3) is 38.5 Å². The van der Waals surface area contributed by atoms with Gasteiger partial charge in [-0.15, -0.1) is 0 Å². The summed E-state index contributed by atoms with van der Waals surface area (Å²) in [6.07, 6.45) is 1.92. The Balaban J connectivity index is 2.28. The second-order valence-electron chi connectivity index (χ2n) is 6.58. The van der Waals surface area contributed by atoms with Crippen LogP contribution in [-0.2, 0) is 7.05 Å². The molecule has 24 heavy (non-hydrogen) atoms. The Morgan fingerprint density at radius 3 is 2.67 bits per heavy atom. The number of hydrogen-bond donors (Lipinski definition) is 0. The normalized spacial score (nSPS) is 12.0. The molecule has 0 spiro atoms. The van der Waals surface area contributed by atoms with E-state index in [0.29, 0.717) is 0 Å². The fraction of sp³-hybridized carbons (Fsp3) is 0.143. The Morgan fingerprint density at radius 2 is 1.79 bits per heavy atom. The second-order valence-corrected chi connectivity index (χ2v) is 6.58. The number of rotatable bonds is 0. The fourth-order valence-electron chi connectivity index (χ4n) is 3.92. The molecular weight excluding hydrogens is 294 g/mol. The molecule has 0 saturated carbocycles. The number of fused-ring (bicyclic) bond motifs is 8. The average Bonchev–Trinajstić information content (AvgIpc) is 2.89. The molecule has 0 atom stereocenters. The highest BCUT2D eigenvalue weighted by atomic mass is 15.1. The molecule has 0 radical (unpaired) electrons. The summed E-state index contributed by atoms with van der Waals surface area (Å²) in [7, 11) is 2.14. The standard InChI is InChI=1S/C21H18N3/c1-13-8-9-16-15(12-13)20-19(14(2)10-11-22-20)21-23(3)17-6-4-5-7-18(17)24(16)21/h4-12H,1-3H3/q+1. The van der Waals surface area contributed by atoms with Crippen LogP contribution in [0.1, 0.15) is 11.1 Å². The van der Waals surface area contributed by atoms with Gasteiger partial charge in [0.05, 0.1) is 18.0 Å². The molecule has 116 valence electrons. The first-order valence-electron chi connectivity index (χ1n) is 8.23. The molecule has 0 N–H and O–H groups in total. The molecule has 5 rings (SSSR count). The summed E-state index contributed by atoms with van der Waals surface area (Å²) in [5.74, 6) is 0. The van der Waals surface area contributed by atoms with E-state index in [4.69, 9.17) is 4.98 Å². The Bertz CT molecular complexity index is 1280. The molecule has 3 heterocycles. The summed E-state index contributed by atoms with van der Waals surface area (Å²) in [6, 6.07) is 17.3. The number of aromatic nitrogens is 3. The molecular formula is C21H18N3+. The summed E-state index contributed by atoms with van der Waals surface area (Å²) in [4.78, 5) is 4.75. The number of hydrogen-bond acceptors (Lipinski definition) is 1. The first-order chi connectivity index (χ1) is 11.7. The molecule has 3 heteroatoms. The van der Waals surface area contributed by atoms with Crippen LogP contribution >= 0.6 is 0 Å². The molecule has 0 amide bonds. The Kier molecular flexibility index (Phi) is 2.55. The van der Waals surface area contributed by atoms with Gasteiger partial charge in [0.15, 0.2) is 11.0 Å². The zero-order valence-corrected chi connectivity index (χ0v) is 14.0. The van der Waals surface area contributed by atoms with Crippen LogP contribution in [0.3, 0.4) is 0 Å². The summed E-state index contributed by atoms with van der Waals surface area (Å²) >= 11 is 0. The molecule has 0 bridgehead atoms. The minimum Gasteiger partial charge on any atom is -0.255 e. The first kappa shape index (κ1) is 13.5. The van der Waals surface area contributed by atoms with E-state index >= 15 is 0 Å². The van der Waals surface area contributed by atoms with Crippen molar-refractivity contribution in [3.63, 3.8) is 0 Å². The number of benzene rings is 2. The summed E-state index contributed by atoms with van der Waals surface area (Å²) in [5.41, 5.74) is 8.47. The van der Waals surface area contributed by atoms with Crippen molar-refractivity contribution in [2.75, 3.05) is 0 Å². The largest absolute Gasteiger partial charge is 0.297 e. The fourth-order valence-corrected chi connectivity index (χ4v) is 3.92. The van der Waals surface area contributed by atoms with Gasteiger partial charge in [0.1, 0.15) is 5.52 Å². The Labute approximate surface area is 139 Å². The van der Waals surface area contributed by atoms with Crippen LogP contribution in [-0.4, -0.2) is 9.38 Å². The number of nitrogens with zero attached hydrogens (tertiary/aromatic N) is 3. The maximum absolute atomic E-state index is 4.75. The lowest BCUT2D eigenvalue weighted by molar-refractivity contribution is -0.617. The number of para-hydroxylation sites is 2. The van der Waals surface area contributed by atoms with Gasteiger partial charge >= 0.3 is 0 Å². The smallest absolute Gasteiger partial charge is 0.255 e. The van der Waals surface area contributed by atoms with E-state index in [1.807, 2.05) is 6.20 Å². The highest BCUT2D eigenvalue weighted by Gasteiger charge is 2.24. The Morgan fingerprint density at radius 1 is 0.958 bits per heavy atom. The van der Waals surface area contributed by atoms with E-state index in [0.717, 1.165) is 5.52 Å². The number of pyridine rings is 2. The van der Waals surface area contributed by atoms with E-state index in [1.165, 1.54) is 44.1 Å². The van der Waals surface area contributed by atoms with Crippen molar-refractivity contribution < 1.29 is 4.57 Å². The average molecular weight is 312 g/mol. The predicted octanol–water partition coefficient (Wildman–Crippen LogP) is 4.24. The Hall–Kier alpha value is -2.94. The topological polar surface area (TPSA) is 21.2 Å². The molecule has 3 nitrogen and oxygen atoms in total. The minimum absolute atomic E-state index is 1.08. The maximum atomic E-state index is 4.75. The molecule has 0 unspecified atom stereocenters. The van der Waals surface area contributed by atoms with Crippen LogP contribution in [0, 0.1) is 13.8 Å². The summed E-state index contributed by atoms with van der Waals surface area (Å²) in [6.45, 7) is 4.31. The van der Waals surface area contributed by atoms with Crippen molar-refractivity contribution in [1.82, 2.24) is 9.38 Å². The van der Waals surface area contributed by atoms with Gasteiger partial charge in [-0.05, 0) is 49.7 Å².